The van der Waals surface area contributed by atoms with Crippen LogP contribution in [0.25, 0.3) is 10.9 Å². The largest absolute Gasteiger partial charge is 0.467 e. The summed E-state index contributed by atoms with van der Waals surface area (Å²) in [5.74, 6) is -0.130. The first-order valence-electron chi connectivity index (χ1n) is 11.0. The Bertz CT molecular complexity index is 1400. The van der Waals surface area contributed by atoms with E-state index in [-0.39, 0.29) is 29.6 Å². The number of nitrogens with one attached hydrogen (secondary N) is 1. The van der Waals surface area contributed by atoms with Crippen molar-refractivity contribution in [3.63, 3.8) is 0 Å². The van der Waals surface area contributed by atoms with E-state index in [2.05, 4.69) is 10.3 Å². The van der Waals surface area contributed by atoms with Gasteiger partial charge < -0.3 is 14.5 Å². The number of hydrogen-bond donors (Lipinski definition) is 1. The van der Waals surface area contributed by atoms with Crippen LogP contribution in [-0.4, -0.2) is 33.8 Å². The summed E-state index contributed by atoms with van der Waals surface area (Å²) < 4.78 is 11.7. The molecule has 0 fully saturated rings. The molecular weight excluding hydrogens is 466 g/mol. The molecule has 0 bridgehead atoms. The molecular formula is C26H25N3O5S. The normalized spacial score (nSPS) is 12.8. The second kappa shape index (κ2) is 10.6. The zero-order valence-electron chi connectivity index (χ0n) is 19.6. The van der Waals surface area contributed by atoms with Gasteiger partial charge in [0.1, 0.15) is 5.76 Å². The number of furan rings is 1. The predicted octanol–water partition coefficient (Wildman–Crippen LogP) is 4.18. The van der Waals surface area contributed by atoms with Crippen molar-refractivity contribution in [2.45, 2.75) is 36.8 Å². The monoisotopic (exact) mass is 491 g/mol. The highest BCUT2D eigenvalue weighted by Gasteiger charge is 2.22. The Balaban J connectivity index is 1.67. The van der Waals surface area contributed by atoms with Crippen LogP contribution in [0, 0.1) is 0 Å². The van der Waals surface area contributed by atoms with Crippen molar-refractivity contribution in [3.05, 3.63) is 94.2 Å². The predicted molar refractivity (Wildman–Crippen MR) is 133 cm³/mol. The molecule has 0 saturated carbocycles. The van der Waals surface area contributed by atoms with Gasteiger partial charge in [0, 0.05) is 0 Å². The van der Waals surface area contributed by atoms with Gasteiger partial charge in [0.2, 0.25) is 5.91 Å². The summed E-state index contributed by atoms with van der Waals surface area (Å²) in [4.78, 5) is 43.0. The highest BCUT2D eigenvalue weighted by molar-refractivity contribution is 8.00. The van der Waals surface area contributed by atoms with E-state index in [1.807, 2.05) is 37.3 Å². The first kappa shape index (κ1) is 24.3. The molecule has 2 atom stereocenters. The van der Waals surface area contributed by atoms with Crippen molar-refractivity contribution in [2.75, 3.05) is 7.11 Å². The van der Waals surface area contributed by atoms with Crippen molar-refractivity contribution in [2.24, 2.45) is 0 Å². The number of amides is 1. The number of fused-ring (bicyclic) bond motifs is 1. The second-order valence-electron chi connectivity index (χ2n) is 7.99. The maximum Gasteiger partial charge on any atom is 0.337 e. The Hall–Kier alpha value is -3.85. The molecule has 2 aromatic heterocycles. The van der Waals surface area contributed by atoms with Crippen LogP contribution in [0.15, 0.2) is 81.3 Å². The minimum absolute atomic E-state index is 0.157. The topological polar surface area (TPSA) is 103 Å². The van der Waals surface area contributed by atoms with Crippen molar-refractivity contribution in [1.82, 2.24) is 14.9 Å². The Morgan fingerprint density at radius 1 is 1.11 bits per heavy atom. The molecule has 0 spiro atoms. The molecule has 9 heteroatoms. The lowest BCUT2D eigenvalue weighted by Gasteiger charge is -2.19. The average molecular weight is 492 g/mol. The van der Waals surface area contributed by atoms with Gasteiger partial charge >= 0.3 is 5.97 Å². The van der Waals surface area contributed by atoms with Gasteiger partial charge in [-0.15, -0.1) is 0 Å². The number of ether oxygens (including phenoxy) is 1. The SMILES string of the molecule is COC(=O)c1ccc2c(=O)n(Cc3ccco3)c(SC(C)C(=O)NC(C)c3ccccc3)nc2c1. The minimum atomic E-state index is -0.544. The molecule has 0 aliphatic rings. The van der Waals surface area contributed by atoms with E-state index in [4.69, 9.17) is 9.15 Å². The number of aromatic nitrogens is 2. The smallest absolute Gasteiger partial charge is 0.337 e. The quantitative estimate of drug-likeness (QED) is 0.224. The van der Waals surface area contributed by atoms with Crippen molar-refractivity contribution in [1.29, 1.82) is 0 Å². The van der Waals surface area contributed by atoms with E-state index < -0.39 is 11.2 Å². The molecule has 35 heavy (non-hydrogen) atoms. The van der Waals surface area contributed by atoms with Gasteiger partial charge in [-0.05, 0) is 49.7 Å². The number of carbonyl (C=O) groups excluding carboxylic acids is 2. The molecule has 8 nitrogen and oxygen atoms in total. The molecule has 1 N–H and O–H groups in total. The van der Waals surface area contributed by atoms with Crippen LogP contribution in [-0.2, 0) is 16.1 Å². The second-order valence-corrected chi connectivity index (χ2v) is 9.30. The van der Waals surface area contributed by atoms with E-state index >= 15 is 0 Å². The summed E-state index contributed by atoms with van der Waals surface area (Å²) in [6, 6.07) is 17.6. The standard InChI is InChI=1S/C26H25N3O5S/c1-16(18-8-5-4-6-9-18)27-23(30)17(2)35-26-28-22-14-19(25(32)33-3)11-12-21(22)24(31)29(26)15-20-10-7-13-34-20/h4-14,16-17H,15H2,1-3H3,(H,27,30). The molecule has 180 valence electrons. The first-order chi connectivity index (χ1) is 16.9. The fourth-order valence-corrected chi connectivity index (χ4v) is 4.52. The highest BCUT2D eigenvalue weighted by atomic mass is 32.2. The summed E-state index contributed by atoms with van der Waals surface area (Å²) in [6.45, 7) is 3.83. The Labute approximate surface area is 206 Å². The third-order valence-electron chi connectivity index (χ3n) is 5.55. The Morgan fingerprint density at radius 3 is 2.57 bits per heavy atom. The molecule has 0 aliphatic heterocycles. The number of hydrogen-bond acceptors (Lipinski definition) is 7. The lowest BCUT2D eigenvalue weighted by atomic mass is 10.1. The van der Waals surface area contributed by atoms with Gasteiger partial charge in [-0.1, -0.05) is 42.1 Å². The van der Waals surface area contributed by atoms with Gasteiger partial charge in [0.15, 0.2) is 5.16 Å². The maximum absolute atomic E-state index is 13.4. The van der Waals surface area contributed by atoms with Crippen LogP contribution in [0.3, 0.4) is 0 Å². The van der Waals surface area contributed by atoms with Crippen molar-refractivity contribution in [3.8, 4) is 0 Å². The summed E-state index contributed by atoms with van der Waals surface area (Å²) in [7, 11) is 1.29. The third-order valence-corrected chi connectivity index (χ3v) is 6.64. The number of nitrogens with zero attached hydrogens (tertiary/aromatic N) is 2. The molecule has 4 rings (SSSR count). The zero-order chi connectivity index (χ0) is 24.9. The van der Waals surface area contributed by atoms with E-state index in [0.29, 0.717) is 21.8 Å². The Kier molecular flexibility index (Phi) is 7.36. The molecule has 1 amide bonds. The van der Waals surface area contributed by atoms with Gasteiger partial charge in [-0.2, -0.15) is 0 Å². The minimum Gasteiger partial charge on any atom is -0.467 e. The summed E-state index contributed by atoms with van der Waals surface area (Å²) in [5.41, 5.74) is 1.33. The molecule has 4 aromatic rings. The summed E-state index contributed by atoms with van der Waals surface area (Å²) in [6.07, 6.45) is 1.53. The average Bonchev–Trinajstić information content (AvgIpc) is 3.39. The highest BCUT2D eigenvalue weighted by Crippen LogP contribution is 2.25. The van der Waals surface area contributed by atoms with Gasteiger partial charge in [-0.25, -0.2) is 9.78 Å². The van der Waals surface area contributed by atoms with Gasteiger partial charge in [-0.3, -0.25) is 14.2 Å². The molecule has 2 unspecified atom stereocenters. The molecule has 0 saturated heterocycles. The van der Waals surface area contributed by atoms with Crippen LogP contribution in [0.5, 0.6) is 0 Å². The maximum atomic E-state index is 13.4. The third kappa shape index (κ3) is 5.46. The fraction of sp³-hybridized carbons (Fsp3) is 0.231. The molecule has 0 aliphatic carbocycles. The van der Waals surface area contributed by atoms with Crippen molar-refractivity contribution >= 4 is 34.5 Å². The van der Waals surface area contributed by atoms with E-state index in [0.717, 1.165) is 5.56 Å². The van der Waals surface area contributed by atoms with Crippen LogP contribution in [0.4, 0.5) is 0 Å². The Morgan fingerprint density at radius 2 is 1.89 bits per heavy atom. The van der Waals surface area contributed by atoms with Crippen LogP contribution < -0.4 is 10.9 Å². The number of methoxy groups -OCH3 is 1. The van der Waals surface area contributed by atoms with Crippen LogP contribution in [0.1, 0.15) is 41.6 Å². The number of esters is 1. The molecule has 2 aromatic carbocycles. The molecule has 0 radical (unpaired) electrons. The summed E-state index contributed by atoms with van der Waals surface area (Å²) >= 11 is 1.17. The zero-order valence-corrected chi connectivity index (χ0v) is 20.4. The molecule has 2 heterocycles. The lowest BCUT2D eigenvalue weighted by molar-refractivity contribution is -0.120. The van der Waals surface area contributed by atoms with Gasteiger partial charge in [0.05, 0.1) is 47.7 Å². The number of benzene rings is 2. The van der Waals surface area contributed by atoms with Crippen LogP contribution >= 0.6 is 11.8 Å². The van der Waals surface area contributed by atoms with Crippen LogP contribution in [0.2, 0.25) is 0 Å². The first-order valence-corrected chi connectivity index (χ1v) is 11.9. The van der Waals surface area contributed by atoms with E-state index in [1.54, 1.807) is 25.1 Å². The summed E-state index contributed by atoms with van der Waals surface area (Å²) in [5, 5.41) is 3.16. The van der Waals surface area contributed by atoms with Crippen molar-refractivity contribution < 1.29 is 18.7 Å². The number of rotatable bonds is 8. The lowest BCUT2D eigenvalue weighted by Crippen LogP contribution is -2.34. The fourth-order valence-electron chi connectivity index (χ4n) is 3.60. The number of thioether (sulfide) groups is 1. The van der Waals surface area contributed by atoms with E-state index in [1.165, 1.54) is 41.8 Å². The van der Waals surface area contributed by atoms with E-state index in [9.17, 15) is 14.4 Å². The number of carbonyl (C=O) groups is 2. The van der Waals surface area contributed by atoms with Gasteiger partial charge in [0.25, 0.3) is 5.56 Å².